The van der Waals surface area contributed by atoms with Crippen molar-refractivity contribution < 1.29 is 4.79 Å². The standard InChI is InChI=1S/C27H29N5OS/c1-20(31-17-8-3-9-18-31)26-29-30-27(32(26)22-13-4-2-5-14-22)34-19-25(33)28-24-16-10-12-21-11-6-7-15-23(21)24/h2,4-7,10-16,20H,3,8-9,17-19H2,1H3,(H,28,33). The van der Waals surface area contributed by atoms with E-state index in [1.807, 2.05) is 60.7 Å². The zero-order valence-electron chi connectivity index (χ0n) is 19.4. The summed E-state index contributed by atoms with van der Waals surface area (Å²) in [6, 6.07) is 24.4. The maximum Gasteiger partial charge on any atom is 0.234 e. The largest absolute Gasteiger partial charge is 0.325 e. The normalized spacial score (nSPS) is 15.3. The van der Waals surface area contributed by atoms with Gasteiger partial charge in [0.2, 0.25) is 5.91 Å². The lowest BCUT2D eigenvalue weighted by Crippen LogP contribution is -2.33. The van der Waals surface area contributed by atoms with Crippen LogP contribution >= 0.6 is 11.8 Å². The molecule has 174 valence electrons. The van der Waals surface area contributed by atoms with Crippen molar-refractivity contribution in [3.63, 3.8) is 0 Å². The van der Waals surface area contributed by atoms with E-state index in [9.17, 15) is 4.79 Å². The van der Waals surface area contributed by atoms with Gasteiger partial charge in [-0.25, -0.2) is 0 Å². The van der Waals surface area contributed by atoms with Gasteiger partial charge in [-0.3, -0.25) is 14.3 Å². The summed E-state index contributed by atoms with van der Waals surface area (Å²) in [6.07, 6.45) is 3.74. The van der Waals surface area contributed by atoms with Crippen LogP contribution in [0, 0.1) is 0 Å². The molecule has 5 rings (SSSR count). The summed E-state index contributed by atoms with van der Waals surface area (Å²) in [6.45, 7) is 4.37. The van der Waals surface area contributed by atoms with Gasteiger partial charge >= 0.3 is 0 Å². The molecule has 2 heterocycles. The van der Waals surface area contributed by atoms with E-state index in [4.69, 9.17) is 0 Å². The van der Waals surface area contributed by atoms with Crippen molar-refractivity contribution in [1.82, 2.24) is 19.7 Å². The Morgan fingerprint density at radius 3 is 2.50 bits per heavy atom. The molecule has 1 aromatic heterocycles. The minimum absolute atomic E-state index is 0.0606. The van der Waals surface area contributed by atoms with Gasteiger partial charge in [0, 0.05) is 16.8 Å². The van der Waals surface area contributed by atoms with Crippen molar-refractivity contribution in [3.05, 3.63) is 78.6 Å². The van der Waals surface area contributed by atoms with Crippen LogP contribution in [0.15, 0.2) is 78.0 Å². The highest BCUT2D eigenvalue weighted by Gasteiger charge is 2.25. The second kappa shape index (κ2) is 10.4. The molecule has 1 fully saturated rings. The summed E-state index contributed by atoms with van der Waals surface area (Å²) in [5.41, 5.74) is 1.84. The van der Waals surface area contributed by atoms with E-state index in [0.29, 0.717) is 0 Å². The van der Waals surface area contributed by atoms with Crippen molar-refractivity contribution in [2.45, 2.75) is 37.4 Å². The van der Waals surface area contributed by atoms with Crippen LogP contribution in [0.4, 0.5) is 5.69 Å². The number of aromatic nitrogens is 3. The van der Waals surface area contributed by atoms with Gasteiger partial charge in [0.25, 0.3) is 0 Å². The molecule has 7 heteroatoms. The monoisotopic (exact) mass is 471 g/mol. The van der Waals surface area contributed by atoms with Crippen molar-refractivity contribution in [2.24, 2.45) is 0 Å². The number of hydrogen-bond acceptors (Lipinski definition) is 5. The quantitative estimate of drug-likeness (QED) is 0.351. The number of likely N-dealkylation sites (tertiary alicyclic amines) is 1. The van der Waals surface area contributed by atoms with E-state index in [1.165, 1.54) is 31.0 Å². The van der Waals surface area contributed by atoms with Crippen LogP contribution in [-0.4, -0.2) is 44.4 Å². The predicted molar refractivity (Wildman–Crippen MR) is 138 cm³/mol. The Hall–Kier alpha value is -3.16. The number of amides is 1. The van der Waals surface area contributed by atoms with Gasteiger partial charge in [-0.1, -0.05) is 72.8 Å². The van der Waals surface area contributed by atoms with Gasteiger partial charge in [-0.15, -0.1) is 10.2 Å². The number of carbonyl (C=O) groups excluding carboxylic acids is 1. The predicted octanol–water partition coefficient (Wildman–Crippen LogP) is 5.70. The molecule has 0 radical (unpaired) electrons. The first-order valence-electron chi connectivity index (χ1n) is 11.9. The number of nitrogens with zero attached hydrogens (tertiary/aromatic N) is 4. The smallest absolute Gasteiger partial charge is 0.234 e. The molecule has 1 aliphatic heterocycles. The number of benzene rings is 3. The van der Waals surface area contributed by atoms with Gasteiger partial charge in [0.05, 0.1) is 11.8 Å². The average molecular weight is 472 g/mol. The van der Waals surface area contributed by atoms with E-state index in [-0.39, 0.29) is 17.7 Å². The lowest BCUT2D eigenvalue weighted by atomic mass is 10.1. The van der Waals surface area contributed by atoms with Gasteiger partial charge in [-0.05, 0) is 56.4 Å². The highest BCUT2D eigenvalue weighted by atomic mass is 32.2. The number of carbonyl (C=O) groups is 1. The van der Waals surface area contributed by atoms with E-state index in [2.05, 4.69) is 44.0 Å². The number of para-hydroxylation sites is 1. The van der Waals surface area contributed by atoms with Gasteiger partial charge < -0.3 is 5.32 Å². The molecular formula is C27H29N5OS. The van der Waals surface area contributed by atoms with Crippen LogP contribution in [0.5, 0.6) is 0 Å². The summed E-state index contributed by atoms with van der Waals surface area (Å²) in [4.78, 5) is 15.3. The summed E-state index contributed by atoms with van der Waals surface area (Å²) in [5.74, 6) is 1.12. The molecule has 1 unspecified atom stereocenters. The number of thioether (sulfide) groups is 1. The second-order valence-corrected chi connectivity index (χ2v) is 9.59. The number of nitrogens with one attached hydrogen (secondary N) is 1. The third kappa shape index (κ3) is 4.86. The lowest BCUT2D eigenvalue weighted by Gasteiger charge is -2.31. The third-order valence-corrected chi connectivity index (χ3v) is 7.31. The lowest BCUT2D eigenvalue weighted by molar-refractivity contribution is -0.113. The highest BCUT2D eigenvalue weighted by Crippen LogP contribution is 2.30. The Balaban J connectivity index is 1.36. The highest BCUT2D eigenvalue weighted by molar-refractivity contribution is 7.99. The van der Waals surface area contributed by atoms with Gasteiger partial charge in [-0.2, -0.15) is 0 Å². The van der Waals surface area contributed by atoms with Crippen molar-refractivity contribution in [1.29, 1.82) is 0 Å². The molecule has 0 spiro atoms. The maximum absolute atomic E-state index is 12.9. The minimum Gasteiger partial charge on any atom is -0.325 e. The van der Waals surface area contributed by atoms with Gasteiger partial charge in [0.1, 0.15) is 0 Å². The molecule has 0 aliphatic carbocycles. The molecule has 1 N–H and O–H groups in total. The van der Waals surface area contributed by atoms with Crippen molar-refractivity contribution in [3.8, 4) is 5.69 Å². The SMILES string of the molecule is CC(c1nnc(SCC(=O)Nc2cccc3ccccc23)n1-c1ccccc1)N1CCCCC1. The molecule has 4 aromatic rings. The summed E-state index contributed by atoms with van der Waals surface area (Å²) >= 11 is 1.42. The zero-order valence-corrected chi connectivity index (χ0v) is 20.2. The van der Waals surface area contributed by atoms with Crippen molar-refractivity contribution >= 4 is 34.1 Å². The fourth-order valence-electron chi connectivity index (χ4n) is 4.58. The first-order valence-corrected chi connectivity index (χ1v) is 12.8. The second-order valence-electron chi connectivity index (χ2n) is 8.65. The molecule has 6 nitrogen and oxygen atoms in total. The molecule has 1 aliphatic rings. The Labute approximate surface area is 204 Å². The van der Waals surface area contributed by atoms with E-state index >= 15 is 0 Å². The Morgan fingerprint density at radius 1 is 0.941 bits per heavy atom. The Bertz CT molecular complexity index is 1260. The van der Waals surface area contributed by atoms with Crippen LogP contribution in [0.1, 0.15) is 38.1 Å². The molecule has 3 aromatic carbocycles. The number of fused-ring (bicyclic) bond motifs is 1. The molecule has 0 bridgehead atoms. The van der Waals surface area contributed by atoms with E-state index in [0.717, 1.165) is 46.2 Å². The molecule has 34 heavy (non-hydrogen) atoms. The maximum atomic E-state index is 12.9. The molecule has 1 atom stereocenters. The van der Waals surface area contributed by atoms with Crippen LogP contribution in [-0.2, 0) is 4.79 Å². The van der Waals surface area contributed by atoms with E-state index < -0.39 is 0 Å². The molecule has 0 saturated carbocycles. The van der Waals surface area contributed by atoms with Crippen LogP contribution in [0.2, 0.25) is 0 Å². The third-order valence-electron chi connectivity index (χ3n) is 6.38. The zero-order chi connectivity index (χ0) is 23.3. The molecular weight excluding hydrogens is 442 g/mol. The number of rotatable bonds is 7. The summed E-state index contributed by atoms with van der Waals surface area (Å²) in [5, 5.41) is 15.0. The summed E-state index contributed by atoms with van der Waals surface area (Å²) < 4.78 is 2.11. The van der Waals surface area contributed by atoms with Crippen LogP contribution < -0.4 is 5.32 Å². The minimum atomic E-state index is -0.0606. The molecule has 1 amide bonds. The van der Waals surface area contributed by atoms with E-state index in [1.54, 1.807) is 0 Å². The van der Waals surface area contributed by atoms with Crippen LogP contribution in [0.3, 0.4) is 0 Å². The number of piperidine rings is 1. The van der Waals surface area contributed by atoms with Crippen LogP contribution in [0.25, 0.3) is 16.5 Å². The molecule has 1 saturated heterocycles. The fourth-order valence-corrected chi connectivity index (χ4v) is 5.34. The first-order chi connectivity index (χ1) is 16.7. The summed E-state index contributed by atoms with van der Waals surface area (Å²) in [7, 11) is 0. The number of hydrogen-bond donors (Lipinski definition) is 1. The topological polar surface area (TPSA) is 63.1 Å². The number of anilines is 1. The average Bonchev–Trinajstić information content (AvgIpc) is 3.32. The van der Waals surface area contributed by atoms with Crippen molar-refractivity contribution in [2.75, 3.05) is 24.2 Å². The Kier molecular flexibility index (Phi) is 6.92. The van der Waals surface area contributed by atoms with Gasteiger partial charge in [0.15, 0.2) is 11.0 Å². The fraction of sp³-hybridized carbons (Fsp3) is 0.296. The Morgan fingerprint density at radius 2 is 1.68 bits per heavy atom. The first kappa shape index (κ1) is 22.6.